The highest BCUT2D eigenvalue weighted by molar-refractivity contribution is 6.14. The minimum atomic E-state index is -0.560. The second-order valence-electron chi connectivity index (χ2n) is 7.25. The second-order valence-corrected chi connectivity index (χ2v) is 7.25. The molecule has 0 aromatic heterocycles. The van der Waals surface area contributed by atoms with Gasteiger partial charge in [0.15, 0.2) is 12.4 Å². The fraction of sp³-hybridized carbons (Fsp3) is 0.115. The van der Waals surface area contributed by atoms with Gasteiger partial charge in [-0.15, -0.1) is 0 Å². The first-order chi connectivity index (χ1) is 16.5. The number of ether oxygens (including phenoxy) is 4. The molecule has 0 atom stereocenters. The SMILES string of the molecule is COC(=O)c1ccccc1NC(=O)COc1ccc2c(c1)OC(=Cc1cccc(OC)c1)C2=O. The van der Waals surface area contributed by atoms with Crippen LogP contribution in [-0.2, 0) is 9.53 Å². The van der Waals surface area contributed by atoms with Gasteiger partial charge in [-0.1, -0.05) is 24.3 Å². The molecule has 34 heavy (non-hydrogen) atoms. The van der Waals surface area contributed by atoms with Gasteiger partial charge in [0.05, 0.1) is 31.0 Å². The van der Waals surface area contributed by atoms with Gasteiger partial charge in [0.25, 0.3) is 5.91 Å². The summed E-state index contributed by atoms with van der Waals surface area (Å²) in [4.78, 5) is 36.9. The lowest BCUT2D eigenvalue weighted by Crippen LogP contribution is -2.21. The number of Topliss-reactive ketones (excluding diaryl/α,β-unsaturated/α-hetero) is 1. The van der Waals surface area contributed by atoms with Gasteiger partial charge in [-0.25, -0.2) is 4.79 Å². The Labute approximate surface area is 195 Å². The van der Waals surface area contributed by atoms with E-state index < -0.39 is 11.9 Å². The Hall–Kier alpha value is -4.59. The first-order valence-corrected chi connectivity index (χ1v) is 10.3. The van der Waals surface area contributed by atoms with Crippen molar-refractivity contribution in [1.82, 2.24) is 0 Å². The molecule has 3 aromatic rings. The van der Waals surface area contributed by atoms with Crippen LogP contribution in [-0.4, -0.2) is 38.5 Å². The molecular weight excluding hydrogens is 438 g/mol. The van der Waals surface area contributed by atoms with Crippen LogP contribution in [0, 0.1) is 0 Å². The zero-order chi connectivity index (χ0) is 24.1. The fourth-order valence-corrected chi connectivity index (χ4v) is 3.35. The van der Waals surface area contributed by atoms with Crippen LogP contribution in [0.4, 0.5) is 5.69 Å². The molecule has 0 unspecified atom stereocenters. The van der Waals surface area contributed by atoms with Gasteiger partial charge in [-0.3, -0.25) is 9.59 Å². The van der Waals surface area contributed by atoms with Gasteiger partial charge < -0.3 is 24.3 Å². The lowest BCUT2D eigenvalue weighted by atomic mass is 10.1. The molecule has 0 spiro atoms. The van der Waals surface area contributed by atoms with Crippen molar-refractivity contribution in [2.45, 2.75) is 0 Å². The van der Waals surface area contributed by atoms with Gasteiger partial charge in [-0.2, -0.15) is 0 Å². The van der Waals surface area contributed by atoms with Gasteiger partial charge in [0, 0.05) is 6.07 Å². The van der Waals surface area contributed by atoms with Crippen molar-refractivity contribution in [2.24, 2.45) is 0 Å². The second kappa shape index (κ2) is 9.91. The molecule has 4 rings (SSSR count). The van der Waals surface area contributed by atoms with E-state index in [1.54, 1.807) is 61.7 Å². The number of rotatable bonds is 7. The van der Waals surface area contributed by atoms with E-state index in [1.807, 2.05) is 18.2 Å². The number of para-hydroxylation sites is 1. The summed E-state index contributed by atoms with van der Waals surface area (Å²) >= 11 is 0. The van der Waals surface area contributed by atoms with Gasteiger partial charge in [0.2, 0.25) is 5.78 Å². The molecule has 0 bridgehead atoms. The number of amides is 1. The number of allylic oxidation sites excluding steroid dienone is 1. The molecule has 0 fully saturated rings. The zero-order valence-corrected chi connectivity index (χ0v) is 18.5. The summed E-state index contributed by atoms with van der Waals surface area (Å²) in [6.07, 6.45) is 1.64. The molecule has 1 aliphatic heterocycles. The third kappa shape index (κ3) is 4.91. The van der Waals surface area contributed by atoms with Crippen LogP contribution in [0.5, 0.6) is 17.2 Å². The maximum atomic E-state index is 12.7. The number of nitrogens with one attached hydrogen (secondary N) is 1. The van der Waals surface area contributed by atoms with Crippen LogP contribution >= 0.6 is 0 Å². The average molecular weight is 459 g/mol. The molecule has 0 saturated heterocycles. The number of esters is 1. The summed E-state index contributed by atoms with van der Waals surface area (Å²) in [5.74, 6) is 0.265. The molecule has 172 valence electrons. The number of hydrogen-bond donors (Lipinski definition) is 1. The third-order valence-electron chi connectivity index (χ3n) is 5.01. The molecule has 3 aromatic carbocycles. The van der Waals surface area contributed by atoms with Crippen LogP contribution < -0.4 is 19.5 Å². The number of anilines is 1. The summed E-state index contributed by atoms with van der Waals surface area (Å²) in [6.45, 7) is -0.311. The summed E-state index contributed by atoms with van der Waals surface area (Å²) in [7, 11) is 2.83. The number of carbonyl (C=O) groups is 3. The molecule has 1 N–H and O–H groups in total. The number of fused-ring (bicyclic) bond motifs is 1. The standard InChI is InChI=1S/C26H21NO7/c1-31-17-7-5-6-16(12-17)13-23-25(29)20-11-10-18(14-22(20)34-23)33-15-24(28)27-21-9-4-3-8-19(21)26(30)32-2/h3-14H,15H2,1-2H3,(H,27,28). The van der Waals surface area contributed by atoms with E-state index in [-0.39, 0.29) is 23.7 Å². The Kier molecular flexibility index (Phi) is 6.59. The molecule has 1 aliphatic rings. The summed E-state index contributed by atoms with van der Waals surface area (Å²) in [5, 5.41) is 2.63. The van der Waals surface area contributed by atoms with E-state index in [1.165, 1.54) is 7.11 Å². The maximum Gasteiger partial charge on any atom is 0.339 e. The summed E-state index contributed by atoms with van der Waals surface area (Å²) in [5.41, 5.74) is 1.71. The number of ketones is 1. The van der Waals surface area contributed by atoms with Crippen molar-refractivity contribution in [3.63, 3.8) is 0 Å². The van der Waals surface area contributed by atoms with Crippen LogP contribution in [0.1, 0.15) is 26.3 Å². The lowest BCUT2D eigenvalue weighted by Gasteiger charge is -2.11. The predicted octanol–water partition coefficient (Wildman–Crippen LogP) is 4.12. The van der Waals surface area contributed by atoms with Gasteiger partial charge in [0.1, 0.15) is 17.2 Å². The van der Waals surface area contributed by atoms with E-state index in [2.05, 4.69) is 5.32 Å². The van der Waals surface area contributed by atoms with Crippen LogP contribution in [0.3, 0.4) is 0 Å². The lowest BCUT2D eigenvalue weighted by molar-refractivity contribution is -0.118. The zero-order valence-electron chi connectivity index (χ0n) is 18.5. The monoisotopic (exact) mass is 459 g/mol. The maximum absolute atomic E-state index is 12.7. The van der Waals surface area contributed by atoms with Gasteiger partial charge >= 0.3 is 5.97 Å². The van der Waals surface area contributed by atoms with E-state index in [0.717, 1.165) is 5.56 Å². The van der Waals surface area contributed by atoms with Crippen LogP contribution in [0.25, 0.3) is 6.08 Å². The van der Waals surface area contributed by atoms with E-state index >= 15 is 0 Å². The molecule has 0 aliphatic carbocycles. The Bertz CT molecular complexity index is 1300. The fourth-order valence-electron chi connectivity index (χ4n) is 3.35. The van der Waals surface area contributed by atoms with Crippen molar-refractivity contribution in [1.29, 1.82) is 0 Å². The summed E-state index contributed by atoms with van der Waals surface area (Å²) in [6, 6.07) is 18.5. The number of carbonyl (C=O) groups excluding carboxylic acids is 3. The smallest absolute Gasteiger partial charge is 0.339 e. The first-order valence-electron chi connectivity index (χ1n) is 10.3. The number of benzene rings is 3. The highest BCUT2D eigenvalue weighted by Gasteiger charge is 2.28. The molecule has 8 heteroatoms. The summed E-state index contributed by atoms with van der Waals surface area (Å²) < 4.78 is 21.2. The van der Waals surface area contributed by atoms with Crippen molar-refractivity contribution in [2.75, 3.05) is 26.1 Å². The quantitative estimate of drug-likeness (QED) is 0.419. The predicted molar refractivity (Wildman–Crippen MR) is 124 cm³/mol. The average Bonchev–Trinajstić information content (AvgIpc) is 3.17. The Balaban J connectivity index is 1.42. The molecule has 0 saturated carbocycles. The Morgan fingerprint density at radius 2 is 1.79 bits per heavy atom. The first kappa shape index (κ1) is 22.6. The van der Waals surface area contributed by atoms with Crippen LogP contribution in [0.15, 0.2) is 72.5 Å². The third-order valence-corrected chi connectivity index (χ3v) is 5.01. The van der Waals surface area contributed by atoms with Crippen LogP contribution in [0.2, 0.25) is 0 Å². The number of methoxy groups -OCH3 is 2. The minimum Gasteiger partial charge on any atom is -0.497 e. The van der Waals surface area contributed by atoms with Crippen molar-refractivity contribution in [3.05, 3.63) is 89.2 Å². The largest absolute Gasteiger partial charge is 0.497 e. The van der Waals surface area contributed by atoms with Gasteiger partial charge in [-0.05, 0) is 48.0 Å². The Morgan fingerprint density at radius 3 is 2.59 bits per heavy atom. The molecular formula is C26H21NO7. The highest BCUT2D eigenvalue weighted by Crippen LogP contribution is 2.35. The normalized spacial score (nSPS) is 13.1. The van der Waals surface area contributed by atoms with Crippen molar-refractivity contribution in [3.8, 4) is 17.2 Å². The van der Waals surface area contributed by atoms with E-state index in [9.17, 15) is 14.4 Å². The molecule has 1 heterocycles. The molecule has 1 amide bonds. The minimum absolute atomic E-state index is 0.178. The topological polar surface area (TPSA) is 100 Å². The Morgan fingerprint density at radius 1 is 0.971 bits per heavy atom. The number of hydrogen-bond acceptors (Lipinski definition) is 7. The molecule has 0 radical (unpaired) electrons. The van der Waals surface area contributed by atoms with E-state index in [4.69, 9.17) is 18.9 Å². The van der Waals surface area contributed by atoms with E-state index in [0.29, 0.717) is 28.5 Å². The molecule has 8 nitrogen and oxygen atoms in total. The van der Waals surface area contributed by atoms with Crippen molar-refractivity contribution >= 4 is 29.4 Å². The van der Waals surface area contributed by atoms with Crippen molar-refractivity contribution < 1.29 is 33.3 Å². The highest BCUT2D eigenvalue weighted by atomic mass is 16.5.